The Hall–Kier alpha value is 0.0434. The zero-order valence-corrected chi connectivity index (χ0v) is 8.69. The van der Waals surface area contributed by atoms with Gasteiger partial charge in [0.1, 0.15) is 0 Å². The molecule has 0 fully saturated rings. The van der Waals surface area contributed by atoms with Gasteiger partial charge in [-0.3, -0.25) is 0 Å². The van der Waals surface area contributed by atoms with Crippen LogP contribution in [0.4, 0.5) is 0 Å². The first-order chi connectivity index (χ1) is 4.51. The molecule has 1 heterocycles. The van der Waals surface area contributed by atoms with Gasteiger partial charge in [0.25, 0.3) is 0 Å². The summed E-state index contributed by atoms with van der Waals surface area (Å²) in [7, 11) is -3.22. The Morgan fingerprint density at radius 2 is 2.09 bits per heavy atom. The van der Waals surface area contributed by atoms with E-state index in [-0.39, 0.29) is 31.3 Å². The first-order valence-corrected chi connectivity index (χ1v) is 4.62. The van der Waals surface area contributed by atoms with Crippen LogP contribution in [-0.2, 0) is 29.5 Å². The van der Waals surface area contributed by atoms with Gasteiger partial charge in [-0.2, -0.15) is 0 Å². The third-order valence-electron chi connectivity index (χ3n) is 1.14. The molecular formula is C5H9N2O2RhS-. The third-order valence-corrected chi connectivity index (χ3v) is 2.06. The Labute approximate surface area is 79.3 Å². The van der Waals surface area contributed by atoms with Gasteiger partial charge >= 0.3 is 0 Å². The third kappa shape index (κ3) is 2.87. The van der Waals surface area contributed by atoms with Gasteiger partial charge in [-0.25, -0.2) is 8.42 Å². The molecule has 0 unspecified atom stereocenters. The molecule has 1 radical (unpaired) electrons. The van der Waals surface area contributed by atoms with Gasteiger partial charge < -0.3 is 9.71 Å². The second-order valence-electron chi connectivity index (χ2n) is 2.47. The van der Waals surface area contributed by atoms with Crippen LogP contribution >= 0.6 is 0 Å². The Bertz CT molecular complexity index is 258. The summed E-state index contributed by atoms with van der Waals surface area (Å²) in [5.74, 6) is 0.387. The Morgan fingerprint density at radius 1 is 1.55 bits per heavy atom. The maximum atomic E-state index is 10.7. The summed E-state index contributed by atoms with van der Waals surface area (Å²) in [4.78, 5) is 3.75. The van der Waals surface area contributed by atoms with Crippen LogP contribution in [0.5, 0.6) is 0 Å². The summed E-state index contributed by atoms with van der Waals surface area (Å²) in [6.07, 6.45) is 0. The summed E-state index contributed by atoms with van der Waals surface area (Å²) in [6.45, 7) is 3.73. The average molecular weight is 264 g/mol. The van der Waals surface area contributed by atoms with Crippen molar-refractivity contribution in [3.8, 4) is 0 Å². The quantitative estimate of drug-likeness (QED) is 0.655. The molecule has 67 valence electrons. The fourth-order valence-electron chi connectivity index (χ4n) is 0.636. The van der Waals surface area contributed by atoms with Gasteiger partial charge in [-0.05, 0) is 5.92 Å². The van der Waals surface area contributed by atoms with Gasteiger partial charge in [-0.15, -0.1) is 0 Å². The smallest absolute Gasteiger partial charge is 0.172 e. The number of rotatable bonds is 1. The minimum Gasteiger partial charge on any atom is -0.454 e. The molecule has 1 aliphatic heterocycles. The number of hydrogen-bond acceptors (Lipinski definition) is 3. The zero-order valence-electron chi connectivity index (χ0n) is 6.24. The van der Waals surface area contributed by atoms with Crippen LogP contribution in [-0.4, -0.2) is 20.1 Å². The van der Waals surface area contributed by atoms with E-state index in [0.29, 0.717) is 5.84 Å². The molecule has 1 rings (SSSR count). The fourth-order valence-corrected chi connectivity index (χ4v) is 1.54. The molecule has 6 heteroatoms. The van der Waals surface area contributed by atoms with Crippen molar-refractivity contribution in [2.24, 2.45) is 10.9 Å². The zero-order chi connectivity index (χ0) is 7.78. The first-order valence-electron chi connectivity index (χ1n) is 3.01. The molecule has 0 saturated carbocycles. The van der Waals surface area contributed by atoms with Crippen molar-refractivity contribution in [2.45, 2.75) is 13.8 Å². The Balaban J connectivity index is 0.000001000. The van der Waals surface area contributed by atoms with Crippen molar-refractivity contribution in [1.29, 1.82) is 0 Å². The van der Waals surface area contributed by atoms with E-state index in [1.54, 1.807) is 0 Å². The molecule has 0 amide bonds. The monoisotopic (exact) mass is 264 g/mol. The van der Waals surface area contributed by atoms with Gasteiger partial charge in [-0.1, -0.05) is 19.7 Å². The summed E-state index contributed by atoms with van der Waals surface area (Å²) in [5.41, 5.74) is 0. The second kappa shape index (κ2) is 3.63. The van der Waals surface area contributed by atoms with Gasteiger partial charge in [0.2, 0.25) is 0 Å². The summed E-state index contributed by atoms with van der Waals surface area (Å²) >= 11 is 0. The van der Waals surface area contributed by atoms with E-state index in [1.807, 2.05) is 13.8 Å². The average Bonchev–Trinajstić information content (AvgIpc) is 2.10. The van der Waals surface area contributed by atoms with Gasteiger partial charge in [0.15, 0.2) is 10.0 Å². The molecule has 0 aliphatic carbocycles. The SMILES string of the molecule is CC(C)C1=NCS(=O)(=O)[N-]1.[Rh]. The Kier molecular flexibility index (Phi) is 3.64. The predicted octanol–water partition coefficient (Wildman–Crippen LogP) is 0.713. The minimum absolute atomic E-state index is 0. The molecule has 11 heavy (non-hydrogen) atoms. The normalized spacial score (nSPS) is 20.5. The van der Waals surface area contributed by atoms with E-state index >= 15 is 0 Å². The molecular weight excluding hydrogens is 255 g/mol. The van der Waals surface area contributed by atoms with Crippen LogP contribution < -0.4 is 0 Å². The van der Waals surface area contributed by atoms with Gasteiger partial charge in [0, 0.05) is 19.5 Å². The van der Waals surface area contributed by atoms with E-state index in [0.717, 1.165) is 0 Å². The van der Waals surface area contributed by atoms with Crippen LogP contribution in [0.25, 0.3) is 4.72 Å². The molecule has 0 bridgehead atoms. The van der Waals surface area contributed by atoms with Crippen molar-refractivity contribution < 1.29 is 27.9 Å². The van der Waals surface area contributed by atoms with E-state index in [4.69, 9.17) is 0 Å². The van der Waals surface area contributed by atoms with Crippen LogP contribution in [0.3, 0.4) is 0 Å². The van der Waals surface area contributed by atoms with Crippen molar-refractivity contribution >= 4 is 15.9 Å². The Morgan fingerprint density at radius 3 is 2.27 bits per heavy atom. The number of amidine groups is 1. The summed E-state index contributed by atoms with van der Waals surface area (Å²) < 4.78 is 24.8. The molecule has 4 nitrogen and oxygen atoms in total. The standard InChI is InChI=1S/C5H9N2O2S.Rh/c1-4(2)5-6-3-10(8,9)7-5;/h4H,3H2,1-2H3;/q-1;. The largest absolute Gasteiger partial charge is 0.454 e. The van der Waals surface area contributed by atoms with E-state index in [1.165, 1.54) is 0 Å². The summed E-state index contributed by atoms with van der Waals surface area (Å²) in [5, 5.41) is 0. The topological polar surface area (TPSA) is 60.6 Å². The number of nitrogens with zero attached hydrogens (tertiary/aromatic N) is 2. The van der Waals surface area contributed by atoms with Crippen LogP contribution in [0, 0.1) is 5.92 Å². The van der Waals surface area contributed by atoms with Gasteiger partial charge in [0.05, 0.1) is 5.88 Å². The molecule has 0 aromatic heterocycles. The molecule has 1 aliphatic rings. The van der Waals surface area contributed by atoms with Crippen LogP contribution in [0.1, 0.15) is 13.8 Å². The van der Waals surface area contributed by atoms with E-state index in [2.05, 4.69) is 9.71 Å². The minimum atomic E-state index is -3.22. The van der Waals surface area contributed by atoms with Crippen molar-refractivity contribution in [1.82, 2.24) is 0 Å². The van der Waals surface area contributed by atoms with Crippen LogP contribution in [0.2, 0.25) is 0 Å². The molecule has 0 atom stereocenters. The second-order valence-corrected chi connectivity index (χ2v) is 4.08. The fraction of sp³-hybridized carbons (Fsp3) is 0.800. The number of hydrogen-bond donors (Lipinski definition) is 0. The van der Waals surface area contributed by atoms with E-state index < -0.39 is 10.0 Å². The maximum absolute atomic E-state index is 10.7. The van der Waals surface area contributed by atoms with Crippen molar-refractivity contribution in [3.05, 3.63) is 4.72 Å². The van der Waals surface area contributed by atoms with Crippen molar-refractivity contribution in [2.75, 3.05) is 5.88 Å². The van der Waals surface area contributed by atoms with Crippen LogP contribution in [0.15, 0.2) is 4.99 Å². The van der Waals surface area contributed by atoms with Crippen molar-refractivity contribution in [3.63, 3.8) is 0 Å². The molecule has 0 N–H and O–H groups in total. The maximum Gasteiger partial charge on any atom is 0.172 e. The number of aliphatic imine (C=N–C) groups is 1. The number of sulfonamides is 1. The first kappa shape index (κ1) is 11.0. The molecule has 0 aromatic rings. The summed E-state index contributed by atoms with van der Waals surface area (Å²) in [6, 6.07) is 0. The predicted molar refractivity (Wildman–Crippen MR) is 39.4 cm³/mol. The van der Waals surface area contributed by atoms with E-state index in [9.17, 15) is 8.42 Å². The molecule has 0 spiro atoms. The molecule has 0 aromatic carbocycles. The molecule has 0 saturated heterocycles.